The Bertz CT molecular complexity index is 366. The van der Waals surface area contributed by atoms with Gasteiger partial charge in [0, 0.05) is 6.08 Å². The lowest BCUT2D eigenvalue weighted by Crippen LogP contribution is -2.02. The number of nitrogens with two attached hydrogens (primary N) is 1. The van der Waals surface area contributed by atoms with Gasteiger partial charge in [0.2, 0.25) is 0 Å². The maximum Gasteiger partial charge on any atom is 0.328 e. The molecule has 0 radical (unpaired) electrons. The highest BCUT2D eigenvalue weighted by atomic mass is 16.4. The molecule has 0 amide bonds. The molecule has 0 aliphatic rings. The van der Waals surface area contributed by atoms with E-state index in [9.17, 15) is 4.79 Å². The molecule has 0 heterocycles. The van der Waals surface area contributed by atoms with E-state index >= 15 is 0 Å². The Balaban J connectivity index is 2.84. The van der Waals surface area contributed by atoms with E-state index in [1.807, 2.05) is 24.3 Å². The van der Waals surface area contributed by atoms with E-state index < -0.39 is 5.97 Å². The number of allylic oxidation sites excluding steroid dienone is 1. The summed E-state index contributed by atoms with van der Waals surface area (Å²) in [5, 5.41) is 8.59. The average molecular weight is 205 g/mol. The molecule has 0 aliphatic heterocycles. The molecule has 1 rings (SSSR count). The van der Waals surface area contributed by atoms with Crippen molar-refractivity contribution < 1.29 is 9.90 Å². The van der Waals surface area contributed by atoms with Gasteiger partial charge in [-0.2, -0.15) is 0 Å². The number of carboxylic acid groups (broad SMARTS) is 1. The first kappa shape index (κ1) is 11.5. The van der Waals surface area contributed by atoms with E-state index in [1.54, 1.807) is 6.92 Å². The van der Waals surface area contributed by atoms with Crippen LogP contribution in [0.3, 0.4) is 0 Å². The molecule has 0 bridgehead atoms. The fraction of sp³-hybridized carbons (Fsp3) is 0.250. The number of carbonyl (C=O) groups is 1. The standard InChI is InChI=1S/C12H15NO2/c1-9(8-12(14)15)11-4-2-10(3-5-11)6-7-13/h2-5,8H,6-7,13H2,1H3,(H,14,15). The molecule has 3 N–H and O–H groups in total. The number of aliphatic carboxylic acids is 1. The summed E-state index contributed by atoms with van der Waals surface area (Å²) >= 11 is 0. The normalized spacial score (nSPS) is 11.5. The minimum Gasteiger partial charge on any atom is -0.478 e. The Hall–Kier alpha value is -1.61. The van der Waals surface area contributed by atoms with E-state index in [4.69, 9.17) is 10.8 Å². The SMILES string of the molecule is CC(=CC(=O)O)c1ccc(CCN)cc1. The molecule has 0 atom stereocenters. The van der Waals surface area contributed by atoms with Crippen LogP contribution in [0.15, 0.2) is 30.3 Å². The van der Waals surface area contributed by atoms with Crippen molar-refractivity contribution in [3.8, 4) is 0 Å². The molecule has 1 aromatic rings. The zero-order valence-electron chi connectivity index (χ0n) is 8.73. The Morgan fingerprint density at radius 2 is 2.00 bits per heavy atom. The van der Waals surface area contributed by atoms with Gasteiger partial charge < -0.3 is 10.8 Å². The molecule has 15 heavy (non-hydrogen) atoms. The van der Waals surface area contributed by atoms with E-state index in [1.165, 1.54) is 11.6 Å². The lowest BCUT2D eigenvalue weighted by atomic mass is 10.0. The highest BCUT2D eigenvalue weighted by molar-refractivity contribution is 5.89. The molecular formula is C12H15NO2. The van der Waals surface area contributed by atoms with E-state index in [-0.39, 0.29) is 0 Å². The van der Waals surface area contributed by atoms with Crippen molar-refractivity contribution >= 4 is 11.5 Å². The fourth-order valence-electron chi connectivity index (χ4n) is 1.37. The van der Waals surface area contributed by atoms with Crippen molar-refractivity contribution in [1.82, 2.24) is 0 Å². The summed E-state index contributed by atoms with van der Waals surface area (Å²) in [6.07, 6.45) is 2.06. The Morgan fingerprint density at radius 1 is 1.40 bits per heavy atom. The topological polar surface area (TPSA) is 63.3 Å². The van der Waals surface area contributed by atoms with Crippen LogP contribution < -0.4 is 5.73 Å². The molecule has 3 heteroatoms. The van der Waals surface area contributed by atoms with Gasteiger partial charge in [0.15, 0.2) is 0 Å². The summed E-state index contributed by atoms with van der Waals surface area (Å²) in [5.74, 6) is -0.918. The van der Waals surface area contributed by atoms with Crippen LogP contribution in [-0.4, -0.2) is 17.6 Å². The Labute approximate surface area is 89.2 Å². The zero-order chi connectivity index (χ0) is 11.3. The monoisotopic (exact) mass is 205 g/mol. The molecular weight excluding hydrogens is 190 g/mol. The lowest BCUT2D eigenvalue weighted by molar-refractivity contribution is -0.131. The smallest absolute Gasteiger partial charge is 0.328 e. The first-order chi connectivity index (χ1) is 7.13. The summed E-state index contributed by atoms with van der Waals surface area (Å²) in [6, 6.07) is 7.78. The molecule has 0 spiro atoms. The number of hydrogen-bond acceptors (Lipinski definition) is 2. The van der Waals surface area contributed by atoms with E-state index in [0.29, 0.717) is 6.54 Å². The molecule has 0 saturated heterocycles. The van der Waals surface area contributed by atoms with Crippen LogP contribution in [0.4, 0.5) is 0 Å². The van der Waals surface area contributed by atoms with Crippen LogP contribution in [0.25, 0.3) is 5.57 Å². The van der Waals surface area contributed by atoms with Gasteiger partial charge in [-0.25, -0.2) is 4.79 Å². The molecule has 0 aromatic heterocycles. The van der Waals surface area contributed by atoms with Gasteiger partial charge in [0.05, 0.1) is 0 Å². The second-order valence-electron chi connectivity index (χ2n) is 3.40. The maximum atomic E-state index is 10.5. The Kier molecular flexibility index (Phi) is 4.06. The third kappa shape index (κ3) is 3.56. The lowest BCUT2D eigenvalue weighted by Gasteiger charge is -2.02. The van der Waals surface area contributed by atoms with Crippen LogP contribution in [0.5, 0.6) is 0 Å². The summed E-state index contributed by atoms with van der Waals surface area (Å²) in [7, 11) is 0. The number of carboxylic acids is 1. The van der Waals surface area contributed by atoms with Gasteiger partial charge in [-0.3, -0.25) is 0 Å². The fourth-order valence-corrected chi connectivity index (χ4v) is 1.37. The predicted molar refractivity (Wildman–Crippen MR) is 60.5 cm³/mol. The second kappa shape index (κ2) is 5.32. The van der Waals surface area contributed by atoms with Crippen molar-refractivity contribution in [3.05, 3.63) is 41.5 Å². The van der Waals surface area contributed by atoms with Gasteiger partial charge in [-0.1, -0.05) is 24.3 Å². The van der Waals surface area contributed by atoms with E-state index in [2.05, 4.69) is 0 Å². The average Bonchev–Trinajstić information content (AvgIpc) is 2.18. The minimum atomic E-state index is -0.918. The summed E-state index contributed by atoms with van der Waals surface area (Å²) in [6.45, 7) is 2.41. The van der Waals surface area contributed by atoms with Crippen LogP contribution in [0, 0.1) is 0 Å². The van der Waals surface area contributed by atoms with Crippen LogP contribution in [0.1, 0.15) is 18.1 Å². The summed E-state index contributed by atoms with van der Waals surface area (Å²) < 4.78 is 0. The highest BCUT2D eigenvalue weighted by Gasteiger charge is 1.98. The van der Waals surface area contributed by atoms with Crippen LogP contribution in [-0.2, 0) is 11.2 Å². The molecule has 0 saturated carbocycles. The first-order valence-electron chi connectivity index (χ1n) is 4.84. The van der Waals surface area contributed by atoms with Gasteiger partial charge >= 0.3 is 5.97 Å². The maximum absolute atomic E-state index is 10.5. The minimum absolute atomic E-state index is 0.628. The molecule has 0 unspecified atom stereocenters. The molecule has 1 aromatic carbocycles. The summed E-state index contributed by atoms with van der Waals surface area (Å²) in [4.78, 5) is 10.5. The van der Waals surface area contributed by atoms with Gasteiger partial charge in [-0.05, 0) is 36.6 Å². The van der Waals surface area contributed by atoms with Gasteiger partial charge in [-0.15, -0.1) is 0 Å². The molecule has 0 aliphatic carbocycles. The number of hydrogen-bond donors (Lipinski definition) is 2. The van der Waals surface area contributed by atoms with Crippen molar-refractivity contribution in [3.63, 3.8) is 0 Å². The molecule has 0 fully saturated rings. The van der Waals surface area contributed by atoms with Crippen LogP contribution in [0.2, 0.25) is 0 Å². The quantitative estimate of drug-likeness (QED) is 0.735. The van der Waals surface area contributed by atoms with Crippen LogP contribution >= 0.6 is 0 Å². The first-order valence-corrected chi connectivity index (χ1v) is 4.84. The van der Waals surface area contributed by atoms with Gasteiger partial charge in [0.1, 0.15) is 0 Å². The third-order valence-corrected chi connectivity index (χ3v) is 2.18. The zero-order valence-corrected chi connectivity index (χ0v) is 8.73. The third-order valence-electron chi connectivity index (χ3n) is 2.18. The van der Waals surface area contributed by atoms with E-state index in [0.717, 1.165) is 17.6 Å². The molecule has 3 nitrogen and oxygen atoms in total. The number of benzene rings is 1. The van der Waals surface area contributed by atoms with Crippen molar-refractivity contribution in [2.24, 2.45) is 5.73 Å². The van der Waals surface area contributed by atoms with Crippen molar-refractivity contribution in [2.75, 3.05) is 6.54 Å². The van der Waals surface area contributed by atoms with Gasteiger partial charge in [0.25, 0.3) is 0 Å². The summed E-state index contributed by atoms with van der Waals surface area (Å²) in [5.41, 5.74) is 8.29. The predicted octanol–water partition coefficient (Wildman–Crippen LogP) is 1.68. The van der Waals surface area contributed by atoms with Crippen molar-refractivity contribution in [1.29, 1.82) is 0 Å². The highest BCUT2D eigenvalue weighted by Crippen LogP contribution is 2.14. The second-order valence-corrected chi connectivity index (χ2v) is 3.40. The van der Waals surface area contributed by atoms with Crippen molar-refractivity contribution in [2.45, 2.75) is 13.3 Å². The number of rotatable bonds is 4. The largest absolute Gasteiger partial charge is 0.478 e. The Morgan fingerprint density at radius 3 is 2.47 bits per heavy atom. The molecule has 80 valence electrons.